The molecule has 3 N–H and O–H groups in total. The summed E-state index contributed by atoms with van der Waals surface area (Å²) in [5.74, 6) is 0. The molecular formula is C10H16N2OS. The SMILES string of the molecule is Cc1cnc(SC(C)CCO)c(N)c1. The molecule has 1 heterocycles. The van der Waals surface area contributed by atoms with Crippen LogP contribution < -0.4 is 5.73 Å². The van der Waals surface area contributed by atoms with Gasteiger partial charge in [0.25, 0.3) is 0 Å². The Hall–Kier alpha value is -0.740. The van der Waals surface area contributed by atoms with Gasteiger partial charge in [0.15, 0.2) is 0 Å². The van der Waals surface area contributed by atoms with E-state index in [1.807, 2.05) is 19.2 Å². The van der Waals surface area contributed by atoms with Crippen molar-refractivity contribution in [2.45, 2.75) is 30.5 Å². The first-order chi connectivity index (χ1) is 6.63. The summed E-state index contributed by atoms with van der Waals surface area (Å²) in [6.07, 6.45) is 2.57. The van der Waals surface area contributed by atoms with Gasteiger partial charge in [-0.25, -0.2) is 4.98 Å². The second kappa shape index (κ2) is 5.22. The molecule has 0 fully saturated rings. The van der Waals surface area contributed by atoms with Crippen molar-refractivity contribution < 1.29 is 5.11 Å². The van der Waals surface area contributed by atoms with E-state index in [0.29, 0.717) is 5.25 Å². The van der Waals surface area contributed by atoms with Crippen molar-refractivity contribution in [3.8, 4) is 0 Å². The molecule has 78 valence electrons. The predicted molar refractivity (Wildman–Crippen MR) is 60.4 cm³/mol. The van der Waals surface area contributed by atoms with E-state index in [1.54, 1.807) is 11.8 Å². The first-order valence-electron chi connectivity index (χ1n) is 4.63. The Kier molecular flexibility index (Phi) is 4.22. The van der Waals surface area contributed by atoms with Crippen LogP contribution in [0.1, 0.15) is 18.9 Å². The van der Waals surface area contributed by atoms with E-state index >= 15 is 0 Å². The lowest BCUT2D eigenvalue weighted by Gasteiger charge is -2.10. The fraction of sp³-hybridized carbons (Fsp3) is 0.500. The number of rotatable bonds is 4. The van der Waals surface area contributed by atoms with Crippen LogP contribution in [0, 0.1) is 6.92 Å². The Balaban J connectivity index is 2.67. The first kappa shape index (κ1) is 11.3. The number of nitrogens with zero attached hydrogens (tertiary/aromatic N) is 1. The molecule has 3 nitrogen and oxygen atoms in total. The Morgan fingerprint density at radius 1 is 1.64 bits per heavy atom. The smallest absolute Gasteiger partial charge is 0.119 e. The zero-order valence-electron chi connectivity index (χ0n) is 8.53. The van der Waals surface area contributed by atoms with Gasteiger partial charge >= 0.3 is 0 Å². The lowest BCUT2D eigenvalue weighted by atomic mass is 10.3. The van der Waals surface area contributed by atoms with E-state index in [0.717, 1.165) is 22.7 Å². The zero-order chi connectivity index (χ0) is 10.6. The predicted octanol–water partition coefficient (Wildman–Crippen LogP) is 1.84. The van der Waals surface area contributed by atoms with Crippen LogP contribution in [-0.2, 0) is 0 Å². The lowest BCUT2D eigenvalue weighted by Crippen LogP contribution is -2.02. The maximum atomic E-state index is 8.76. The molecule has 1 aromatic rings. The van der Waals surface area contributed by atoms with Crippen molar-refractivity contribution >= 4 is 17.4 Å². The Labute approximate surface area is 88.7 Å². The molecule has 1 rings (SSSR count). The maximum absolute atomic E-state index is 8.76. The van der Waals surface area contributed by atoms with Gasteiger partial charge in [-0.3, -0.25) is 0 Å². The highest BCUT2D eigenvalue weighted by atomic mass is 32.2. The Morgan fingerprint density at radius 2 is 2.36 bits per heavy atom. The number of thioether (sulfide) groups is 1. The standard InChI is InChI=1S/C10H16N2OS/c1-7-5-9(11)10(12-6-7)14-8(2)3-4-13/h5-6,8,13H,3-4,11H2,1-2H3. The zero-order valence-corrected chi connectivity index (χ0v) is 9.34. The molecule has 14 heavy (non-hydrogen) atoms. The van der Waals surface area contributed by atoms with Crippen LogP contribution in [0.15, 0.2) is 17.3 Å². The van der Waals surface area contributed by atoms with Crippen molar-refractivity contribution in [1.82, 2.24) is 4.98 Å². The molecule has 0 saturated heterocycles. The minimum Gasteiger partial charge on any atom is -0.397 e. The van der Waals surface area contributed by atoms with Gasteiger partial charge in [0, 0.05) is 18.1 Å². The molecule has 1 aromatic heterocycles. The molecule has 0 radical (unpaired) electrons. The summed E-state index contributed by atoms with van der Waals surface area (Å²) in [5.41, 5.74) is 7.61. The van der Waals surface area contributed by atoms with Crippen molar-refractivity contribution in [2.75, 3.05) is 12.3 Å². The number of anilines is 1. The van der Waals surface area contributed by atoms with E-state index in [2.05, 4.69) is 11.9 Å². The fourth-order valence-electron chi connectivity index (χ4n) is 1.11. The summed E-state index contributed by atoms with van der Waals surface area (Å²) in [6.45, 7) is 4.23. The topological polar surface area (TPSA) is 59.1 Å². The van der Waals surface area contributed by atoms with Crippen LogP contribution in [-0.4, -0.2) is 21.9 Å². The first-order valence-corrected chi connectivity index (χ1v) is 5.51. The van der Waals surface area contributed by atoms with E-state index < -0.39 is 0 Å². The number of aryl methyl sites for hydroxylation is 1. The third kappa shape index (κ3) is 3.20. The highest BCUT2D eigenvalue weighted by Crippen LogP contribution is 2.28. The van der Waals surface area contributed by atoms with Gasteiger partial charge in [0.05, 0.1) is 5.69 Å². The van der Waals surface area contributed by atoms with Crippen LogP contribution in [0.25, 0.3) is 0 Å². The van der Waals surface area contributed by atoms with E-state index in [9.17, 15) is 0 Å². The van der Waals surface area contributed by atoms with Crippen molar-refractivity contribution in [2.24, 2.45) is 0 Å². The Bertz CT molecular complexity index is 304. The summed E-state index contributed by atoms with van der Waals surface area (Å²) < 4.78 is 0. The third-order valence-corrected chi connectivity index (χ3v) is 3.07. The third-order valence-electron chi connectivity index (χ3n) is 1.86. The van der Waals surface area contributed by atoms with Gasteiger partial charge < -0.3 is 10.8 Å². The number of nitrogens with two attached hydrogens (primary N) is 1. The number of aliphatic hydroxyl groups excluding tert-OH is 1. The monoisotopic (exact) mass is 212 g/mol. The Morgan fingerprint density at radius 3 is 2.93 bits per heavy atom. The van der Waals surface area contributed by atoms with Gasteiger partial charge in [0.1, 0.15) is 5.03 Å². The highest BCUT2D eigenvalue weighted by molar-refractivity contribution is 8.00. The number of hydrogen-bond donors (Lipinski definition) is 2. The number of aromatic nitrogens is 1. The van der Waals surface area contributed by atoms with Crippen LogP contribution >= 0.6 is 11.8 Å². The molecule has 1 atom stereocenters. The molecule has 0 bridgehead atoms. The largest absolute Gasteiger partial charge is 0.397 e. The molecule has 0 aliphatic rings. The van der Waals surface area contributed by atoms with E-state index in [1.165, 1.54) is 0 Å². The molecule has 0 aromatic carbocycles. The van der Waals surface area contributed by atoms with Gasteiger partial charge in [-0.2, -0.15) is 0 Å². The second-order valence-corrected chi connectivity index (χ2v) is 4.77. The van der Waals surface area contributed by atoms with Crippen molar-refractivity contribution in [3.63, 3.8) is 0 Å². The quantitative estimate of drug-likeness (QED) is 0.748. The van der Waals surface area contributed by atoms with E-state index in [4.69, 9.17) is 10.8 Å². The number of pyridine rings is 1. The minimum absolute atomic E-state index is 0.208. The molecule has 0 saturated carbocycles. The van der Waals surface area contributed by atoms with Crippen molar-refractivity contribution in [3.05, 3.63) is 17.8 Å². The average molecular weight is 212 g/mol. The second-order valence-electron chi connectivity index (χ2n) is 3.35. The summed E-state index contributed by atoms with van der Waals surface area (Å²) >= 11 is 1.61. The van der Waals surface area contributed by atoms with Gasteiger partial charge in [-0.15, -0.1) is 11.8 Å². The maximum Gasteiger partial charge on any atom is 0.119 e. The molecule has 4 heteroatoms. The van der Waals surface area contributed by atoms with Gasteiger partial charge in [0.2, 0.25) is 0 Å². The number of nitrogen functional groups attached to an aromatic ring is 1. The molecule has 0 amide bonds. The van der Waals surface area contributed by atoms with Crippen LogP contribution in [0.4, 0.5) is 5.69 Å². The summed E-state index contributed by atoms with van der Waals surface area (Å²) in [4.78, 5) is 4.26. The highest BCUT2D eigenvalue weighted by Gasteiger charge is 2.07. The average Bonchev–Trinajstić information content (AvgIpc) is 2.10. The minimum atomic E-state index is 0.208. The number of aliphatic hydroxyl groups is 1. The fourth-order valence-corrected chi connectivity index (χ4v) is 2.02. The van der Waals surface area contributed by atoms with Gasteiger partial charge in [-0.1, -0.05) is 6.92 Å². The summed E-state index contributed by atoms with van der Waals surface area (Å²) in [5, 5.41) is 9.97. The van der Waals surface area contributed by atoms with E-state index in [-0.39, 0.29) is 6.61 Å². The van der Waals surface area contributed by atoms with Crippen LogP contribution in [0.2, 0.25) is 0 Å². The normalized spacial score (nSPS) is 12.8. The van der Waals surface area contributed by atoms with Crippen LogP contribution in [0.3, 0.4) is 0 Å². The van der Waals surface area contributed by atoms with Gasteiger partial charge in [-0.05, 0) is 25.0 Å². The summed E-state index contributed by atoms with van der Waals surface area (Å²) in [7, 11) is 0. The van der Waals surface area contributed by atoms with Crippen molar-refractivity contribution in [1.29, 1.82) is 0 Å². The molecule has 1 unspecified atom stereocenters. The number of hydrogen-bond acceptors (Lipinski definition) is 4. The molecule has 0 spiro atoms. The molecule has 0 aliphatic heterocycles. The summed E-state index contributed by atoms with van der Waals surface area (Å²) in [6, 6.07) is 1.92. The van der Waals surface area contributed by atoms with Crippen LogP contribution in [0.5, 0.6) is 0 Å². The molecular weight excluding hydrogens is 196 g/mol. The lowest BCUT2D eigenvalue weighted by molar-refractivity contribution is 0.289. The molecule has 0 aliphatic carbocycles.